The average molecular weight is 437 g/mol. The lowest BCUT2D eigenvalue weighted by Crippen LogP contribution is -2.18. The van der Waals surface area contributed by atoms with Gasteiger partial charge in [0.05, 0.1) is 0 Å². The van der Waals surface area contributed by atoms with E-state index in [9.17, 15) is 4.79 Å². The van der Waals surface area contributed by atoms with Crippen LogP contribution in [0.3, 0.4) is 0 Å². The van der Waals surface area contributed by atoms with Gasteiger partial charge in [-0.3, -0.25) is 4.79 Å². The fourth-order valence-corrected chi connectivity index (χ4v) is 5.26. The number of ketones is 1. The molecule has 1 fully saturated rings. The topological polar surface area (TPSA) is 41.1 Å². The lowest BCUT2D eigenvalue weighted by atomic mass is 9.82. The van der Waals surface area contributed by atoms with Crippen LogP contribution in [0.1, 0.15) is 58.1 Å². The number of carbonyl (C=O) groups excluding carboxylic acids is 1. The molecule has 2 N–H and O–H groups in total. The van der Waals surface area contributed by atoms with Crippen molar-refractivity contribution in [2.75, 3.05) is 10.6 Å². The Morgan fingerprint density at radius 2 is 1.09 bits per heavy atom. The first kappa shape index (κ1) is 21.5. The molecule has 0 amide bonds. The van der Waals surface area contributed by atoms with Gasteiger partial charge in [0.2, 0.25) is 0 Å². The zero-order valence-corrected chi connectivity index (χ0v) is 20.0. The van der Waals surface area contributed by atoms with Crippen LogP contribution in [0.25, 0.3) is 0 Å². The van der Waals surface area contributed by atoms with Gasteiger partial charge in [0.15, 0.2) is 5.78 Å². The summed E-state index contributed by atoms with van der Waals surface area (Å²) in [6, 6.07) is 16.8. The van der Waals surface area contributed by atoms with Crippen molar-refractivity contribution in [3.8, 4) is 0 Å². The molecule has 0 spiro atoms. The predicted molar refractivity (Wildman–Crippen MR) is 137 cm³/mol. The van der Waals surface area contributed by atoms with Crippen molar-refractivity contribution in [1.29, 1.82) is 0 Å². The van der Waals surface area contributed by atoms with Gasteiger partial charge < -0.3 is 10.6 Å². The molecule has 2 aliphatic heterocycles. The summed E-state index contributed by atoms with van der Waals surface area (Å²) in [5.74, 6) is 0.177. The van der Waals surface area contributed by atoms with Crippen LogP contribution < -0.4 is 10.6 Å². The van der Waals surface area contributed by atoms with Crippen LogP contribution in [0.5, 0.6) is 0 Å². The Hall–Kier alpha value is -3.33. The predicted octanol–water partition coefficient (Wildman–Crippen LogP) is 7.17. The largest absolute Gasteiger partial charge is 0.358 e. The molecule has 33 heavy (non-hydrogen) atoms. The summed E-state index contributed by atoms with van der Waals surface area (Å²) in [5.41, 5.74) is 8.78. The van der Waals surface area contributed by atoms with Gasteiger partial charge in [-0.2, -0.15) is 0 Å². The van der Waals surface area contributed by atoms with Gasteiger partial charge in [0.25, 0.3) is 0 Å². The maximum absolute atomic E-state index is 13.3. The monoisotopic (exact) mass is 436 g/mol. The maximum Gasteiger partial charge on any atom is 0.184 e. The summed E-state index contributed by atoms with van der Waals surface area (Å²) >= 11 is 0. The minimum atomic E-state index is -0.0941. The second-order valence-corrected chi connectivity index (χ2v) is 10.3. The number of benzene rings is 2. The summed E-state index contributed by atoms with van der Waals surface area (Å²) in [5, 5.41) is 7.09. The van der Waals surface area contributed by atoms with E-state index in [1.54, 1.807) is 0 Å². The summed E-state index contributed by atoms with van der Waals surface area (Å²) in [6.45, 7) is 8.91. The fraction of sp³-hybridized carbons (Fsp3) is 0.300. The number of allylic oxidation sites excluding steroid dienone is 8. The molecule has 0 bridgehead atoms. The molecule has 2 heterocycles. The molecule has 0 atom stereocenters. The number of fused-ring (bicyclic) bond motifs is 2. The fourth-order valence-electron chi connectivity index (χ4n) is 5.26. The molecule has 2 aromatic carbocycles. The molecule has 0 radical (unpaired) electrons. The van der Waals surface area contributed by atoms with Gasteiger partial charge in [-0.15, -0.1) is 0 Å². The Labute approximate surface area is 197 Å². The molecule has 1 aliphatic carbocycles. The lowest BCUT2D eigenvalue weighted by molar-refractivity contribution is -0.113. The third kappa shape index (κ3) is 3.66. The van der Waals surface area contributed by atoms with E-state index in [1.807, 2.05) is 12.2 Å². The third-order valence-electron chi connectivity index (χ3n) is 7.46. The molecular formula is C30H32N2O. The van der Waals surface area contributed by atoms with Crippen LogP contribution in [-0.4, -0.2) is 5.78 Å². The highest BCUT2D eigenvalue weighted by Gasteiger charge is 2.35. The van der Waals surface area contributed by atoms with Gasteiger partial charge in [-0.25, -0.2) is 0 Å². The molecule has 3 aliphatic rings. The van der Waals surface area contributed by atoms with Crippen molar-refractivity contribution in [1.82, 2.24) is 0 Å². The van der Waals surface area contributed by atoms with Crippen molar-refractivity contribution in [3.63, 3.8) is 0 Å². The van der Waals surface area contributed by atoms with Gasteiger partial charge in [-0.05, 0) is 65.8 Å². The third-order valence-corrected chi connectivity index (χ3v) is 7.46. The van der Waals surface area contributed by atoms with Crippen LogP contribution in [-0.2, 0) is 15.6 Å². The number of nitrogens with one attached hydrogen (secondary N) is 2. The summed E-state index contributed by atoms with van der Waals surface area (Å²) in [6.07, 6.45) is 10.9. The minimum Gasteiger partial charge on any atom is -0.358 e. The number of Topliss-reactive ketones (excluding diaryl/α,β-unsaturated/α-hetero) is 1. The number of rotatable bonds is 2. The number of para-hydroxylation sites is 2. The van der Waals surface area contributed by atoms with Crippen molar-refractivity contribution in [3.05, 3.63) is 107 Å². The van der Waals surface area contributed by atoms with Gasteiger partial charge in [-0.1, -0.05) is 76.2 Å². The van der Waals surface area contributed by atoms with Crippen molar-refractivity contribution in [2.45, 2.75) is 57.8 Å². The van der Waals surface area contributed by atoms with E-state index < -0.39 is 0 Å². The van der Waals surface area contributed by atoms with Crippen LogP contribution in [0, 0.1) is 0 Å². The van der Waals surface area contributed by atoms with Crippen LogP contribution in [0.15, 0.2) is 95.4 Å². The molecule has 3 heteroatoms. The highest BCUT2D eigenvalue weighted by Crippen LogP contribution is 2.44. The second-order valence-electron chi connectivity index (χ2n) is 10.3. The molecule has 0 saturated heterocycles. The van der Waals surface area contributed by atoms with Crippen LogP contribution >= 0.6 is 0 Å². The highest BCUT2D eigenvalue weighted by molar-refractivity contribution is 6.09. The Morgan fingerprint density at radius 1 is 0.667 bits per heavy atom. The Morgan fingerprint density at radius 3 is 1.52 bits per heavy atom. The molecule has 0 unspecified atom stereocenters. The molecule has 168 valence electrons. The Bertz CT molecular complexity index is 1160. The van der Waals surface area contributed by atoms with E-state index in [2.05, 4.69) is 99.0 Å². The normalized spacial score (nSPS) is 25.3. The summed E-state index contributed by atoms with van der Waals surface area (Å²) in [7, 11) is 0. The van der Waals surface area contributed by atoms with E-state index >= 15 is 0 Å². The van der Waals surface area contributed by atoms with E-state index in [0.29, 0.717) is 0 Å². The zero-order valence-electron chi connectivity index (χ0n) is 20.0. The summed E-state index contributed by atoms with van der Waals surface area (Å²) < 4.78 is 0. The number of hydrogen-bond acceptors (Lipinski definition) is 3. The van der Waals surface area contributed by atoms with E-state index in [4.69, 9.17) is 0 Å². The number of hydrogen-bond donors (Lipinski definition) is 2. The smallest absolute Gasteiger partial charge is 0.184 e. The maximum atomic E-state index is 13.3. The standard InChI is InChI=1S/C30H32N2O/c1-29(2)22-12-5-7-14-24(22)31-26(29)18-16-20-10-9-11-21(28(20)33)17-19-27-30(3,4)23-13-6-8-15-25(23)32-27/h5-8,12-19,31-32H,9-11H2,1-4H3/b20-16-,21-17+,26-18+,27-19+. The van der Waals surface area contributed by atoms with Gasteiger partial charge in [0.1, 0.15) is 0 Å². The second kappa shape index (κ2) is 7.91. The molecular weight excluding hydrogens is 404 g/mol. The molecule has 5 rings (SSSR count). The first-order valence-corrected chi connectivity index (χ1v) is 11.9. The minimum absolute atomic E-state index is 0.0941. The van der Waals surface area contributed by atoms with E-state index in [-0.39, 0.29) is 16.6 Å². The molecule has 0 aromatic heterocycles. The van der Waals surface area contributed by atoms with Crippen molar-refractivity contribution < 1.29 is 4.79 Å². The van der Waals surface area contributed by atoms with Crippen molar-refractivity contribution in [2.24, 2.45) is 0 Å². The summed E-state index contributed by atoms with van der Waals surface area (Å²) in [4.78, 5) is 13.3. The first-order chi connectivity index (χ1) is 15.8. The number of anilines is 2. The SMILES string of the molecule is CC1(C)/C(=C\C=C2\CCC/C(=C\C=C3\Nc4ccccc4C3(C)C)C2=O)Nc2ccccc21. The van der Waals surface area contributed by atoms with E-state index in [0.717, 1.165) is 53.2 Å². The lowest BCUT2D eigenvalue weighted by Gasteiger charge is -2.21. The van der Waals surface area contributed by atoms with Gasteiger partial charge >= 0.3 is 0 Å². The highest BCUT2D eigenvalue weighted by atomic mass is 16.1. The van der Waals surface area contributed by atoms with Crippen LogP contribution in [0.2, 0.25) is 0 Å². The quantitative estimate of drug-likeness (QED) is 0.491. The Balaban J connectivity index is 1.39. The number of carbonyl (C=O) groups is 1. The first-order valence-electron chi connectivity index (χ1n) is 11.9. The van der Waals surface area contributed by atoms with Gasteiger partial charge in [0, 0.05) is 33.6 Å². The molecule has 1 saturated carbocycles. The molecule has 2 aromatic rings. The Kier molecular flexibility index (Phi) is 5.16. The molecule has 3 nitrogen and oxygen atoms in total. The average Bonchev–Trinajstić information content (AvgIpc) is 3.21. The van der Waals surface area contributed by atoms with Crippen molar-refractivity contribution >= 4 is 17.2 Å². The van der Waals surface area contributed by atoms with Crippen LogP contribution in [0.4, 0.5) is 11.4 Å². The van der Waals surface area contributed by atoms with E-state index in [1.165, 1.54) is 11.1 Å². The zero-order chi connectivity index (χ0) is 23.2.